The zero-order valence-corrected chi connectivity index (χ0v) is 16.8. The first-order valence-corrected chi connectivity index (χ1v) is 9.68. The zero-order valence-electron chi connectivity index (χ0n) is 15.2. The van der Waals surface area contributed by atoms with Crippen molar-refractivity contribution in [2.45, 2.75) is 6.54 Å². The van der Waals surface area contributed by atoms with Crippen molar-refractivity contribution in [3.05, 3.63) is 88.1 Å². The molecule has 7 heteroatoms. The second-order valence-corrected chi connectivity index (χ2v) is 7.42. The van der Waals surface area contributed by atoms with Crippen molar-refractivity contribution in [1.29, 1.82) is 0 Å². The summed E-state index contributed by atoms with van der Waals surface area (Å²) in [6.45, 7) is -0.0436. The van der Waals surface area contributed by atoms with Crippen LogP contribution >= 0.6 is 15.9 Å². The fourth-order valence-corrected chi connectivity index (χ4v) is 3.32. The molecule has 0 fully saturated rings. The number of nitrogens with zero attached hydrogens (tertiary/aromatic N) is 1. The third-order valence-electron chi connectivity index (χ3n) is 4.55. The van der Waals surface area contributed by atoms with Gasteiger partial charge < -0.3 is 15.0 Å². The number of amides is 2. The van der Waals surface area contributed by atoms with Gasteiger partial charge in [-0.15, -0.1) is 0 Å². The topological polar surface area (TPSA) is 58.6 Å². The highest BCUT2D eigenvalue weighted by molar-refractivity contribution is 9.10. The lowest BCUT2D eigenvalue weighted by Gasteiger charge is -2.30. The number of rotatable bonds is 4. The summed E-state index contributed by atoms with van der Waals surface area (Å²) in [6, 6.07) is 18.4. The lowest BCUT2D eigenvalue weighted by atomic mass is 10.1. The molecule has 1 heterocycles. The Hall–Kier alpha value is -3.19. The molecule has 146 valence electrons. The van der Waals surface area contributed by atoms with Crippen LogP contribution in [0.4, 0.5) is 15.8 Å². The highest BCUT2D eigenvalue weighted by atomic mass is 79.9. The number of carbonyl (C=O) groups is 2. The first kappa shape index (κ1) is 19.1. The largest absolute Gasteiger partial charge is 0.481 e. The van der Waals surface area contributed by atoms with Gasteiger partial charge in [0.1, 0.15) is 11.6 Å². The maximum atomic E-state index is 14.0. The number of benzene rings is 3. The number of nitrogens with one attached hydrogen (secondary N) is 1. The van der Waals surface area contributed by atoms with Crippen LogP contribution in [-0.4, -0.2) is 18.4 Å². The van der Waals surface area contributed by atoms with Crippen molar-refractivity contribution >= 4 is 39.1 Å². The highest BCUT2D eigenvalue weighted by Crippen LogP contribution is 2.35. The number of anilines is 2. The van der Waals surface area contributed by atoms with E-state index in [-0.39, 0.29) is 30.8 Å². The maximum Gasteiger partial charge on any atom is 0.265 e. The van der Waals surface area contributed by atoms with Crippen LogP contribution in [0.15, 0.2) is 71.2 Å². The van der Waals surface area contributed by atoms with Gasteiger partial charge in [-0.1, -0.05) is 34.1 Å². The molecule has 0 atom stereocenters. The minimum absolute atomic E-state index is 0.104. The predicted molar refractivity (Wildman–Crippen MR) is 112 cm³/mol. The number of fused-ring (bicyclic) bond motifs is 1. The van der Waals surface area contributed by atoms with E-state index in [0.717, 1.165) is 4.47 Å². The first-order chi connectivity index (χ1) is 14.0. The molecule has 0 radical (unpaired) electrons. The van der Waals surface area contributed by atoms with E-state index < -0.39 is 0 Å². The van der Waals surface area contributed by atoms with Crippen LogP contribution < -0.4 is 15.0 Å². The summed E-state index contributed by atoms with van der Waals surface area (Å²) in [5.74, 6) is -0.429. The molecule has 0 bridgehead atoms. The van der Waals surface area contributed by atoms with Gasteiger partial charge in [-0.2, -0.15) is 0 Å². The van der Waals surface area contributed by atoms with E-state index in [0.29, 0.717) is 28.3 Å². The second-order valence-electron chi connectivity index (χ2n) is 6.50. The van der Waals surface area contributed by atoms with Gasteiger partial charge in [-0.25, -0.2) is 4.39 Å². The molecule has 0 aromatic heterocycles. The lowest BCUT2D eigenvalue weighted by Crippen LogP contribution is -2.38. The number of carbonyl (C=O) groups excluding carboxylic acids is 2. The molecule has 0 aliphatic carbocycles. The summed E-state index contributed by atoms with van der Waals surface area (Å²) in [5, 5.41) is 2.81. The summed E-state index contributed by atoms with van der Waals surface area (Å²) in [6.07, 6.45) is 0. The fraction of sp³-hybridized carbons (Fsp3) is 0.0909. The maximum absolute atomic E-state index is 14.0. The lowest BCUT2D eigenvalue weighted by molar-refractivity contribution is -0.121. The normalized spacial score (nSPS) is 12.9. The van der Waals surface area contributed by atoms with Gasteiger partial charge in [-0.3, -0.25) is 9.59 Å². The molecule has 4 rings (SSSR count). The van der Waals surface area contributed by atoms with Crippen molar-refractivity contribution < 1.29 is 18.7 Å². The Labute approximate surface area is 175 Å². The smallest absolute Gasteiger partial charge is 0.265 e. The minimum Gasteiger partial charge on any atom is -0.481 e. The van der Waals surface area contributed by atoms with E-state index in [2.05, 4.69) is 21.2 Å². The molecule has 2 amide bonds. The van der Waals surface area contributed by atoms with E-state index >= 15 is 0 Å². The Morgan fingerprint density at radius 3 is 2.62 bits per heavy atom. The zero-order chi connectivity index (χ0) is 20.4. The molecule has 1 aliphatic rings. The number of hydrogen-bond donors (Lipinski definition) is 1. The van der Waals surface area contributed by atoms with Crippen molar-refractivity contribution in [1.82, 2.24) is 0 Å². The third kappa shape index (κ3) is 4.14. The Kier molecular flexibility index (Phi) is 5.31. The molecule has 1 aliphatic heterocycles. The number of halogens is 2. The van der Waals surface area contributed by atoms with E-state index in [1.165, 1.54) is 11.0 Å². The van der Waals surface area contributed by atoms with Gasteiger partial charge >= 0.3 is 0 Å². The molecule has 0 saturated carbocycles. The second kappa shape index (κ2) is 8.05. The highest BCUT2D eigenvalue weighted by Gasteiger charge is 2.26. The van der Waals surface area contributed by atoms with Crippen molar-refractivity contribution in [2.24, 2.45) is 0 Å². The van der Waals surface area contributed by atoms with Crippen LogP contribution in [-0.2, 0) is 11.3 Å². The Morgan fingerprint density at radius 2 is 1.86 bits per heavy atom. The minimum atomic E-state index is -0.369. The van der Waals surface area contributed by atoms with E-state index in [9.17, 15) is 14.0 Å². The van der Waals surface area contributed by atoms with Gasteiger partial charge in [0.2, 0.25) is 0 Å². The average Bonchev–Trinajstić information content (AvgIpc) is 2.72. The van der Waals surface area contributed by atoms with Crippen LogP contribution in [0.2, 0.25) is 0 Å². The summed E-state index contributed by atoms with van der Waals surface area (Å²) < 4.78 is 20.4. The van der Waals surface area contributed by atoms with Crippen LogP contribution in [0.1, 0.15) is 15.9 Å². The quantitative estimate of drug-likeness (QED) is 0.617. The SMILES string of the molecule is O=C(Nc1ccc2c(c1)OCC(=O)N2Cc1ccccc1F)c1ccc(Br)cc1. The average molecular weight is 455 g/mol. The van der Waals surface area contributed by atoms with Gasteiger partial charge in [0, 0.05) is 27.4 Å². The van der Waals surface area contributed by atoms with Crippen LogP contribution in [0.25, 0.3) is 0 Å². The van der Waals surface area contributed by atoms with Gasteiger partial charge in [-0.05, 0) is 42.5 Å². The molecule has 1 N–H and O–H groups in total. The molecule has 29 heavy (non-hydrogen) atoms. The summed E-state index contributed by atoms with van der Waals surface area (Å²) in [4.78, 5) is 26.3. The first-order valence-electron chi connectivity index (χ1n) is 8.89. The number of hydrogen-bond acceptors (Lipinski definition) is 3. The molecule has 0 unspecified atom stereocenters. The molecule has 5 nitrogen and oxygen atoms in total. The van der Waals surface area contributed by atoms with Crippen molar-refractivity contribution in [3.63, 3.8) is 0 Å². The third-order valence-corrected chi connectivity index (χ3v) is 5.08. The number of ether oxygens (including phenoxy) is 1. The van der Waals surface area contributed by atoms with Gasteiger partial charge in [0.05, 0.1) is 12.2 Å². The molecule has 3 aromatic rings. The predicted octanol–water partition coefficient (Wildman–Crippen LogP) is 4.77. The molecular weight excluding hydrogens is 439 g/mol. The van der Waals surface area contributed by atoms with E-state index in [4.69, 9.17) is 4.74 Å². The molecular formula is C22H16BrFN2O3. The molecule has 0 spiro atoms. The fourth-order valence-electron chi connectivity index (χ4n) is 3.06. The Bertz CT molecular complexity index is 1090. The van der Waals surface area contributed by atoms with Gasteiger partial charge in [0.15, 0.2) is 6.61 Å². The Morgan fingerprint density at radius 1 is 1.10 bits per heavy atom. The molecule has 3 aromatic carbocycles. The van der Waals surface area contributed by atoms with Crippen molar-refractivity contribution in [2.75, 3.05) is 16.8 Å². The molecule has 0 saturated heterocycles. The van der Waals surface area contributed by atoms with Crippen molar-refractivity contribution in [3.8, 4) is 5.75 Å². The standard InChI is InChI=1S/C22H16BrFN2O3/c23-16-7-5-14(6-8-16)22(28)25-17-9-10-19-20(11-17)29-13-21(27)26(19)12-15-3-1-2-4-18(15)24/h1-11H,12-13H2,(H,25,28). The Balaban J connectivity index is 1.56. The van der Waals surface area contributed by atoms with E-state index in [1.54, 1.807) is 60.7 Å². The summed E-state index contributed by atoms with van der Waals surface area (Å²) >= 11 is 3.34. The summed E-state index contributed by atoms with van der Waals surface area (Å²) in [5.41, 5.74) is 2.01. The van der Waals surface area contributed by atoms with Crippen LogP contribution in [0.5, 0.6) is 5.75 Å². The van der Waals surface area contributed by atoms with Gasteiger partial charge in [0.25, 0.3) is 11.8 Å². The summed E-state index contributed by atoms with van der Waals surface area (Å²) in [7, 11) is 0. The monoisotopic (exact) mass is 454 g/mol. The van der Waals surface area contributed by atoms with Crippen LogP contribution in [0, 0.1) is 5.82 Å². The van der Waals surface area contributed by atoms with E-state index in [1.807, 2.05) is 0 Å². The van der Waals surface area contributed by atoms with Crippen LogP contribution in [0.3, 0.4) is 0 Å².